The summed E-state index contributed by atoms with van der Waals surface area (Å²) in [6.07, 6.45) is 2.03. The van der Waals surface area contributed by atoms with Gasteiger partial charge in [-0.1, -0.05) is 20.3 Å². The number of rotatable bonds is 4. The first kappa shape index (κ1) is 10.2. The average Bonchev–Trinajstić information content (AvgIpc) is 1.80. The van der Waals surface area contributed by atoms with E-state index in [1.165, 1.54) is 0 Å². The normalized spacial score (nSPS) is 15.2. The standard InChI is InChI=1S/C6H15O3P/c1-3-5-6(4-2)10(7,8)9/h6H,3-5H2,1-2H3,(H2,7,8,9). The van der Waals surface area contributed by atoms with Gasteiger partial charge in [0.15, 0.2) is 0 Å². The van der Waals surface area contributed by atoms with E-state index in [-0.39, 0.29) is 0 Å². The van der Waals surface area contributed by atoms with E-state index in [1.807, 2.05) is 6.92 Å². The second-order valence-electron chi connectivity index (χ2n) is 2.44. The van der Waals surface area contributed by atoms with Crippen LogP contribution in [0.5, 0.6) is 0 Å². The van der Waals surface area contributed by atoms with Crippen molar-refractivity contribution in [1.29, 1.82) is 0 Å². The molecular formula is C6H15O3P. The molecule has 2 N–H and O–H groups in total. The molecule has 0 spiro atoms. The van der Waals surface area contributed by atoms with Crippen molar-refractivity contribution in [2.75, 3.05) is 0 Å². The first-order valence-electron chi connectivity index (χ1n) is 3.57. The SMILES string of the molecule is CCCC(CC)P(=O)(O)O. The molecule has 0 aromatic rings. The van der Waals surface area contributed by atoms with Crippen LogP contribution in [0.25, 0.3) is 0 Å². The fraction of sp³-hybridized carbons (Fsp3) is 1.00. The highest BCUT2D eigenvalue weighted by Gasteiger charge is 2.25. The molecule has 0 aliphatic heterocycles. The summed E-state index contributed by atoms with van der Waals surface area (Å²) in [6, 6.07) is 0. The Hall–Kier alpha value is 0.150. The second-order valence-corrected chi connectivity index (χ2v) is 4.35. The van der Waals surface area contributed by atoms with Crippen LogP contribution in [-0.2, 0) is 4.57 Å². The fourth-order valence-electron chi connectivity index (χ4n) is 0.943. The van der Waals surface area contributed by atoms with Gasteiger partial charge in [0.25, 0.3) is 0 Å². The predicted octanol–water partition coefficient (Wildman–Crippen LogP) is 1.74. The van der Waals surface area contributed by atoms with Crippen molar-refractivity contribution in [3.05, 3.63) is 0 Å². The van der Waals surface area contributed by atoms with Crippen molar-refractivity contribution in [2.45, 2.75) is 38.8 Å². The molecule has 0 aliphatic rings. The first-order chi connectivity index (χ1) is 4.52. The zero-order valence-electron chi connectivity index (χ0n) is 6.45. The zero-order chi connectivity index (χ0) is 8.20. The lowest BCUT2D eigenvalue weighted by molar-refractivity contribution is 0.351. The minimum Gasteiger partial charge on any atom is -0.324 e. The monoisotopic (exact) mass is 166 g/mol. The Morgan fingerprint density at radius 3 is 2.00 bits per heavy atom. The van der Waals surface area contributed by atoms with Crippen molar-refractivity contribution in [3.8, 4) is 0 Å². The van der Waals surface area contributed by atoms with E-state index < -0.39 is 13.3 Å². The minimum atomic E-state index is -3.79. The maximum absolute atomic E-state index is 10.6. The zero-order valence-corrected chi connectivity index (χ0v) is 7.34. The Bertz CT molecular complexity index is 129. The Morgan fingerprint density at radius 1 is 1.40 bits per heavy atom. The van der Waals surface area contributed by atoms with Crippen LogP contribution in [0.3, 0.4) is 0 Å². The molecule has 0 bridgehead atoms. The third-order valence-corrected chi connectivity index (χ3v) is 3.14. The van der Waals surface area contributed by atoms with Gasteiger partial charge in [-0.15, -0.1) is 0 Å². The van der Waals surface area contributed by atoms with Crippen LogP contribution in [-0.4, -0.2) is 15.4 Å². The lowest BCUT2D eigenvalue weighted by atomic mass is 10.2. The quantitative estimate of drug-likeness (QED) is 0.625. The van der Waals surface area contributed by atoms with Crippen molar-refractivity contribution in [1.82, 2.24) is 0 Å². The smallest absolute Gasteiger partial charge is 0.324 e. The molecule has 0 rings (SSSR count). The summed E-state index contributed by atoms with van der Waals surface area (Å²) in [5.41, 5.74) is -0.419. The van der Waals surface area contributed by atoms with Gasteiger partial charge in [0, 0.05) is 0 Å². The summed E-state index contributed by atoms with van der Waals surface area (Å²) in [7, 11) is -3.79. The number of hydrogen-bond donors (Lipinski definition) is 2. The lowest BCUT2D eigenvalue weighted by Crippen LogP contribution is -2.05. The molecule has 62 valence electrons. The van der Waals surface area contributed by atoms with Crippen molar-refractivity contribution < 1.29 is 14.4 Å². The van der Waals surface area contributed by atoms with Gasteiger partial charge in [0.2, 0.25) is 0 Å². The topological polar surface area (TPSA) is 57.5 Å². The van der Waals surface area contributed by atoms with Gasteiger partial charge < -0.3 is 9.79 Å². The molecule has 0 aliphatic carbocycles. The Labute approximate surface area is 61.6 Å². The van der Waals surface area contributed by atoms with Crippen LogP contribution in [0.4, 0.5) is 0 Å². The highest BCUT2D eigenvalue weighted by atomic mass is 31.2. The molecule has 0 fully saturated rings. The molecule has 0 aromatic carbocycles. The van der Waals surface area contributed by atoms with Gasteiger partial charge in [0.05, 0.1) is 5.66 Å². The second kappa shape index (κ2) is 4.12. The highest BCUT2D eigenvalue weighted by molar-refractivity contribution is 7.52. The summed E-state index contributed by atoms with van der Waals surface area (Å²) in [4.78, 5) is 17.4. The lowest BCUT2D eigenvalue weighted by Gasteiger charge is -2.14. The van der Waals surface area contributed by atoms with Crippen LogP contribution in [0.15, 0.2) is 0 Å². The van der Waals surface area contributed by atoms with Crippen molar-refractivity contribution in [3.63, 3.8) is 0 Å². The van der Waals surface area contributed by atoms with E-state index in [2.05, 4.69) is 0 Å². The molecule has 10 heavy (non-hydrogen) atoms. The van der Waals surface area contributed by atoms with Gasteiger partial charge in [-0.05, 0) is 12.8 Å². The summed E-state index contributed by atoms with van der Waals surface area (Å²) in [6.45, 7) is 3.73. The summed E-state index contributed by atoms with van der Waals surface area (Å²) < 4.78 is 10.6. The number of hydrogen-bond acceptors (Lipinski definition) is 1. The Morgan fingerprint density at radius 2 is 1.90 bits per heavy atom. The van der Waals surface area contributed by atoms with E-state index in [1.54, 1.807) is 6.92 Å². The van der Waals surface area contributed by atoms with E-state index >= 15 is 0 Å². The summed E-state index contributed by atoms with van der Waals surface area (Å²) in [5, 5.41) is 0. The molecule has 0 aromatic heterocycles. The van der Waals surface area contributed by atoms with E-state index in [9.17, 15) is 4.57 Å². The summed E-state index contributed by atoms with van der Waals surface area (Å²) >= 11 is 0. The van der Waals surface area contributed by atoms with Gasteiger partial charge in [-0.3, -0.25) is 4.57 Å². The predicted molar refractivity (Wildman–Crippen MR) is 41.0 cm³/mol. The van der Waals surface area contributed by atoms with Crippen LogP contribution in [0, 0.1) is 0 Å². The molecule has 4 heteroatoms. The molecule has 3 nitrogen and oxygen atoms in total. The van der Waals surface area contributed by atoms with Gasteiger partial charge >= 0.3 is 7.60 Å². The minimum absolute atomic E-state index is 0.419. The van der Waals surface area contributed by atoms with Gasteiger partial charge in [0.1, 0.15) is 0 Å². The molecule has 1 atom stereocenters. The maximum Gasteiger partial charge on any atom is 0.328 e. The van der Waals surface area contributed by atoms with E-state index in [0.29, 0.717) is 12.8 Å². The maximum atomic E-state index is 10.6. The summed E-state index contributed by atoms with van der Waals surface area (Å²) in [5.74, 6) is 0. The third-order valence-electron chi connectivity index (χ3n) is 1.57. The van der Waals surface area contributed by atoms with Crippen LogP contribution < -0.4 is 0 Å². The van der Waals surface area contributed by atoms with Crippen molar-refractivity contribution >= 4 is 7.60 Å². The molecule has 0 amide bonds. The molecule has 0 saturated heterocycles. The highest BCUT2D eigenvalue weighted by Crippen LogP contribution is 2.44. The van der Waals surface area contributed by atoms with Crippen molar-refractivity contribution in [2.24, 2.45) is 0 Å². The Balaban J connectivity index is 3.94. The fourth-order valence-corrected chi connectivity index (χ4v) is 2.01. The van der Waals surface area contributed by atoms with Gasteiger partial charge in [-0.2, -0.15) is 0 Å². The van der Waals surface area contributed by atoms with Crippen LogP contribution in [0.1, 0.15) is 33.1 Å². The molecule has 0 radical (unpaired) electrons. The largest absolute Gasteiger partial charge is 0.328 e. The van der Waals surface area contributed by atoms with Gasteiger partial charge in [-0.25, -0.2) is 0 Å². The van der Waals surface area contributed by atoms with Crippen LogP contribution >= 0.6 is 7.60 Å². The first-order valence-corrected chi connectivity index (χ1v) is 5.25. The molecular weight excluding hydrogens is 151 g/mol. The molecule has 0 saturated carbocycles. The Kier molecular flexibility index (Phi) is 4.18. The van der Waals surface area contributed by atoms with Crippen LogP contribution in [0.2, 0.25) is 0 Å². The molecule has 1 unspecified atom stereocenters. The molecule has 0 heterocycles. The van der Waals surface area contributed by atoms with E-state index in [0.717, 1.165) is 6.42 Å². The third kappa shape index (κ3) is 3.35. The average molecular weight is 166 g/mol. The van der Waals surface area contributed by atoms with E-state index in [4.69, 9.17) is 9.79 Å².